The van der Waals surface area contributed by atoms with Crippen molar-refractivity contribution in [2.45, 2.75) is 23.4 Å². The summed E-state index contributed by atoms with van der Waals surface area (Å²) in [5.74, 6) is -0.940. The summed E-state index contributed by atoms with van der Waals surface area (Å²) in [6, 6.07) is -1.08. The standard InChI is InChI=1S/C8H11BrN4O4S2/c1-4-13(5(3-18-4)8(14)15)19(16,17)7-6(9)10-11-12(7)2/h4-5H,3H2,1-2H3,(H,14,15). The summed E-state index contributed by atoms with van der Waals surface area (Å²) in [5, 5.41) is 15.8. The molecule has 1 aliphatic rings. The van der Waals surface area contributed by atoms with Crippen molar-refractivity contribution in [3.63, 3.8) is 0 Å². The SMILES string of the molecule is CC1SCC(C(=O)O)N1S(=O)(=O)c1c(Br)nnn1C. The molecule has 0 aliphatic carbocycles. The average molecular weight is 371 g/mol. The third-order valence-corrected chi connectivity index (χ3v) is 6.92. The molecule has 0 saturated carbocycles. The first-order valence-electron chi connectivity index (χ1n) is 5.20. The minimum atomic E-state index is -3.98. The molecular formula is C8H11BrN4O4S2. The number of aryl methyl sites for hydroxylation is 1. The van der Waals surface area contributed by atoms with Crippen molar-refractivity contribution in [2.24, 2.45) is 7.05 Å². The van der Waals surface area contributed by atoms with Crippen molar-refractivity contribution in [2.75, 3.05) is 5.75 Å². The van der Waals surface area contributed by atoms with Crippen LogP contribution in [-0.2, 0) is 21.9 Å². The average Bonchev–Trinajstić information content (AvgIpc) is 2.83. The minimum absolute atomic E-state index is 0.0724. The zero-order chi connectivity index (χ0) is 14.4. The van der Waals surface area contributed by atoms with E-state index in [4.69, 9.17) is 5.11 Å². The lowest BCUT2D eigenvalue weighted by Crippen LogP contribution is -2.45. The van der Waals surface area contributed by atoms with Crippen LogP contribution in [0.15, 0.2) is 9.63 Å². The maximum Gasteiger partial charge on any atom is 0.322 e. The number of thioether (sulfide) groups is 1. The van der Waals surface area contributed by atoms with Gasteiger partial charge in [-0.15, -0.1) is 16.9 Å². The Kier molecular flexibility index (Phi) is 3.91. The van der Waals surface area contributed by atoms with Crippen LogP contribution in [0.25, 0.3) is 0 Å². The van der Waals surface area contributed by atoms with Crippen molar-refractivity contribution >= 4 is 43.7 Å². The molecule has 19 heavy (non-hydrogen) atoms. The van der Waals surface area contributed by atoms with Gasteiger partial charge in [-0.3, -0.25) is 4.79 Å². The second-order valence-corrected chi connectivity index (χ2v) is 7.79. The van der Waals surface area contributed by atoms with Crippen molar-refractivity contribution < 1.29 is 18.3 Å². The highest BCUT2D eigenvalue weighted by Crippen LogP contribution is 2.35. The second-order valence-electron chi connectivity index (χ2n) is 3.93. The van der Waals surface area contributed by atoms with Crippen molar-refractivity contribution in [3.05, 3.63) is 4.60 Å². The van der Waals surface area contributed by atoms with Gasteiger partial charge in [0.2, 0.25) is 5.03 Å². The van der Waals surface area contributed by atoms with Gasteiger partial charge in [0.1, 0.15) is 6.04 Å². The van der Waals surface area contributed by atoms with Gasteiger partial charge >= 0.3 is 5.97 Å². The molecule has 1 aromatic heterocycles. The van der Waals surface area contributed by atoms with E-state index in [1.807, 2.05) is 0 Å². The van der Waals surface area contributed by atoms with Gasteiger partial charge in [0, 0.05) is 12.8 Å². The molecule has 2 unspecified atom stereocenters. The number of rotatable bonds is 3. The van der Waals surface area contributed by atoms with Gasteiger partial charge in [0.25, 0.3) is 10.0 Å². The third-order valence-electron chi connectivity index (χ3n) is 2.70. The summed E-state index contributed by atoms with van der Waals surface area (Å²) < 4.78 is 27.3. The Hall–Kier alpha value is -0.650. The van der Waals surface area contributed by atoms with Gasteiger partial charge in [-0.2, -0.15) is 4.31 Å². The number of aromatic nitrogens is 3. The first kappa shape index (κ1) is 14.8. The van der Waals surface area contributed by atoms with Crippen LogP contribution in [0.4, 0.5) is 0 Å². The molecule has 2 atom stereocenters. The lowest BCUT2D eigenvalue weighted by atomic mass is 10.3. The summed E-state index contributed by atoms with van der Waals surface area (Å²) in [6.45, 7) is 1.66. The van der Waals surface area contributed by atoms with Crippen LogP contribution >= 0.6 is 27.7 Å². The summed E-state index contributed by atoms with van der Waals surface area (Å²) in [4.78, 5) is 11.2. The van der Waals surface area contributed by atoms with Gasteiger partial charge in [0.05, 0.1) is 5.37 Å². The van der Waals surface area contributed by atoms with Gasteiger partial charge < -0.3 is 5.11 Å². The molecule has 0 spiro atoms. The number of carbonyl (C=O) groups is 1. The minimum Gasteiger partial charge on any atom is -0.480 e. The number of sulfonamides is 1. The van der Waals surface area contributed by atoms with E-state index in [0.29, 0.717) is 0 Å². The highest BCUT2D eigenvalue weighted by atomic mass is 79.9. The van der Waals surface area contributed by atoms with E-state index in [2.05, 4.69) is 26.2 Å². The number of nitrogens with zero attached hydrogens (tertiary/aromatic N) is 4. The van der Waals surface area contributed by atoms with E-state index >= 15 is 0 Å². The van der Waals surface area contributed by atoms with Gasteiger partial charge in [-0.25, -0.2) is 13.1 Å². The van der Waals surface area contributed by atoms with E-state index in [9.17, 15) is 13.2 Å². The first-order valence-corrected chi connectivity index (χ1v) is 8.48. The Bertz CT molecular complexity index is 597. The summed E-state index contributed by atoms with van der Waals surface area (Å²) in [5.41, 5.74) is 0. The van der Waals surface area contributed by atoms with E-state index in [0.717, 1.165) is 8.99 Å². The predicted molar refractivity (Wildman–Crippen MR) is 71.1 cm³/mol. The quantitative estimate of drug-likeness (QED) is 0.804. The maximum absolute atomic E-state index is 12.6. The number of hydrogen-bond donors (Lipinski definition) is 1. The molecule has 0 bridgehead atoms. The van der Waals surface area contributed by atoms with Crippen LogP contribution in [0.5, 0.6) is 0 Å². The number of aliphatic carboxylic acids is 1. The summed E-state index contributed by atoms with van der Waals surface area (Å²) in [7, 11) is -2.54. The second kappa shape index (κ2) is 5.04. The highest BCUT2D eigenvalue weighted by molar-refractivity contribution is 9.10. The fourth-order valence-corrected chi connectivity index (χ4v) is 6.20. The molecule has 0 aromatic carbocycles. The molecule has 1 aliphatic heterocycles. The summed E-state index contributed by atoms with van der Waals surface area (Å²) >= 11 is 4.30. The number of carboxylic acids is 1. The Balaban J connectivity index is 2.53. The molecule has 1 fully saturated rings. The van der Waals surface area contributed by atoms with Crippen LogP contribution in [0.3, 0.4) is 0 Å². The highest BCUT2D eigenvalue weighted by Gasteiger charge is 2.46. The predicted octanol–water partition coefficient (Wildman–Crippen LogP) is 0.114. The Morgan fingerprint density at radius 2 is 2.21 bits per heavy atom. The molecule has 1 N–H and O–H groups in total. The Morgan fingerprint density at radius 1 is 1.58 bits per heavy atom. The van der Waals surface area contributed by atoms with Crippen LogP contribution in [0, 0.1) is 0 Å². The molecule has 1 saturated heterocycles. The Labute approximate surface area is 122 Å². The fraction of sp³-hybridized carbons (Fsp3) is 0.625. The zero-order valence-electron chi connectivity index (χ0n) is 10.0. The van der Waals surface area contributed by atoms with E-state index in [1.54, 1.807) is 6.92 Å². The van der Waals surface area contributed by atoms with Crippen LogP contribution in [0.1, 0.15) is 6.92 Å². The third kappa shape index (κ3) is 2.39. The van der Waals surface area contributed by atoms with Gasteiger partial charge in [-0.05, 0) is 22.9 Å². The Morgan fingerprint density at radius 3 is 2.68 bits per heavy atom. The van der Waals surface area contributed by atoms with Crippen molar-refractivity contribution in [1.29, 1.82) is 0 Å². The van der Waals surface area contributed by atoms with E-state index < -0.39 is 27.4 Å². The fourth-order valence-electron chi connectivity index (χ4n) is 1.87. The monoisotopic (exact) mass is 370 g/mol. The largest absolute Gasteiger partial charge is 0.480 e. The van der Waals surface area contributed by atoms with Crippen molar-refractivity contribution in [3.8, 4) is 0 Å². The lowest BCUT2D eigenvalue weighted by molar-refractivity contribution is -0.140. The lowest BCUT2D eigenvalue weighted by Gasteiger charge is -2.23. The number of halogens is 1. The topological polar surface area (TPSA) is 105 Å². The zero-order valence-corrected chi connectivity index (χ0v) is 13.2. The molecule has 0 amide bonds. The molecule has 8 nitrogen and oxygen atoms in total. The van der Waals surface area contributed by atoms with Crippen LogP contribution in [-0.4, -0.2) is 56.0 Å². The molecule has 2 heterocycles. The van der Waals surface area contributed by atoms with E-state index in [1.165, 1.54) is 18.8 Å². The molecule has 11 heteroatoms. The molecular weight excluding hydrogens is 360 g/mol. The molecule has 2 rings (SSSR count). The van der Waals surface area contributed by atoms with Gasteiger partial charge in [0.15, 0.2) is 4.60 Å². The maximum atomic E-state index is 12.6. The smallest absolute Gasteiger partial charge is 0.322 e. The number of carboxylic acid groups (broad SMARTS) is 1. The van der Waals surface area contributed by atoms with Crippen LogP contribution in [0.2, 0.25) is 0 Å². The van der Waals surface area contributed by atoms with Gasteiger partial charge in [-0.1, -0.05) is 5.21 Å². The molecule has 1 aromatic rings. The van der Waals surface area contributed by atoms with Crippen LogP contribution < -0.4 is 0 Å². The molecule has 0 radical (unpaired) electrons. The normalized spacial score (nSPS) is 24.8. The summed E-state index contributed by atoms with van der Waals surface area (Å²) in [6.07, 6.45) is 0. The molecule has 106 valence electrons. The number of hydrogen-bond acceptors (Lipinski definition) is 6. The van der Waals surface area contributed by atoms with Crippen molar-refractivity contribution in [1.82, 2.24) is 19.3 Å². The van der Waals surface area contributed by atoms with E-state index in [-0.39, 0.29) is 15.4 Å². The first-order chi connectivity index (χ1) is 8.76.